The van der Waals surface area contributed by atoms with E-state index in [1.807, 2.05) is 30.3 Å². The van der Waals surface area contributed by atoms with E-state index in [-0.39, 0.29) is 11.6 Å². The van der Waals surface area contributed by atoms with Crippen LogP contribution in [0.1, 0.15) is 28.9 Å². The highest BCUT2D eigenvalue weighted by atomic mass is 16.5. The first-order valence-electron chi connectivity index (χ1n) is 12.9. The number of nitrogens with zero attached hydrogens (tertiary/aromatic N) is 5. The van der Waals surface area contributed by atoms with Crippen LogP contribution in [0, 0.1) is 17.2 Å². The molecule has 1 aromatic carbocycles. The number of carbonyl (C=O) groups is 1. The molecule has 0 unspecified atom stereocenters. The molecule has 0 radical (unpaired) electrons. The third-order valence-electron chi connectivity index (χ3n) is 6.71. The zero-order valence-electron chi connectivity index (χ0n) is 21.1. The molecule has 2 aromatic heterocycles. The van der Waals surface area contributed by atoms with Crippen molar-refractivity contribution >= 4 is 34.6 Å². The average Bonchev–Trinajstić information content (AvgIpc) is 2.98. The van der Waals surface area contributed by atoms with Gasteiger partial charge in [-0.3, -0.25) is 4.79 Å². The molecule has 4 N–H and O–H groups in total. The Labute approximate surface area is 221 Å². The number of hydrogen-bond donors (Lipinski definition) is 4. The van der Waals surface area contributed by atoms with E-state index in [1.54, 1.807) is 12.3 Å². The number of pyridine rings is 1. The molecule has 11 nitrogen and oxygen atoms in total. The molecule has 0 atom stereocenters. The number of morpholine rings is 1. The van der Waals surface area contributed by atoms with E-state index in [1.165, 1.54) is 12.4 Å². The van der Waals surface area contributed by atoms with Gasteiger partial charge in [-0.2, -0.15) is 5.26 Å². The Hall–Kier alpha value is -4.27. The van der Waals surface area contributed by atoms with Gasteiger partial charge >= 0.3 is 0 Å². The Morgan fingerprint density at radius 1 is 1.05 bits per heavy atom. The van der Waals surface area contributed by atoms with Crippen LogP contribution in [0.5, 0.6) is 0 Å². The predicted molar refractivity (Wildman–Crippen MR) is 146 cm³/mol. The summed E-state index contributed by atoms with van der Waals surface area (Å²) < 4.78 is 5.43. The lowest BCUT2D eigenvalue weighted by Gasteiger charge is -2.28. The molecule has 2 aliphatic heterocycles. The maximum atomic E-state index is 13.3. The monoisotopic (exact) mass is 513 g/mol. The quantitative estimate of drug-likeness (QED) is 0.355. The fourth-order valence-corrected chi connectivity index (χ4v) is 4.55. The van der Waals surface area contributed by atoms with Gasteiger partial charge in [0.25, 0.3) is 5.91 Å². The summed E-state index contributed by atoms with van der Waals surface area (Å²) in [5.41, 5.74) is 3.19. The van der Waals surface area contributed by atoms with Crippen molar-refractivity contribution in [3.8, 4) is 6.07 Å². The van der Waals surface area contributed by atoms with Gasteiger partial charge in [-0.15, -0.1) is 0 Å². The minimum Gasteiger partial charge on any atom is -0.384 e. The summed E-state index contributed by atoms with van der Waals surface area (Å²) in [7, 11) is 0. The van der Waals surface area contributed by atoms with E-state index in [0.29, 0.717) is 34.5 Å². The number of hydrogen-bond acceptors (Lipinski definition) is 10. The topological polar surface area (TPSA) is 140 Å². The first-order chi connectivity index (χ1) is 18.7. The highest BCUT2D eigenvalue weighted by molar-refractivity contribution is 6.08. The zero-order chi connectivity index (χ0) is 26.2. The second-order valence-corrected chi connectivity index (χ2v) is 9.31. The second kappa shape index (κ2) is 12.3. The fourth-order valence-electron chi connectivity index (χ4n) is 4.55. The van der Waals surface area contributed by atoms with E-state index in [2.05, 4.69) is 41.1 Å². The summed E-state index contributed by atoms with van der Waals surface area (Å²) in [6.45, 7) is 5.93. The molecule has 2 saturated heterocycles. The van der Waals surface area contributed by atoms with Crippen LogP contribution in [0.3, 0.4) is 0 Å². The van der Waals surface area contributed by atoms with Gasteiger partial charge in [0.2, 0.25) is 0 Å². The molecular formula is C27H31N9O2. The van der Waals surface area contributed by atoms with E-state index < -0.39 is 0 Å². The summed E-state index contributed by atoms with van der Waals surface area (Å²) >= 11 is 0. The minimum atomic E-state index is -0.242. The largest absolute Gasteiger partial charge is 0.384 e. The van der Waals surface area contributed by atoms with Gasteiger partial charge in [0.15, 0.2) is 5.69 Å². The van der Waals surface area contributed by atoms with Crippen molar-refractivity contribution in [1.29, 1.82) is 5.26 Å². The first kappa shape index (κ1) is 25.4. The van der Waals surface area contributed by atoms with Gasteiger partial charge in [0, 0.05) is 43.3 Å². The third kappa shape index (κ3) is 6.53. The number of anilines is 5. The number of amides is 1. The van der Waals surface area contributed by atoms with E-state index in [0.717, 1.165) is 64.5 Å². The van der Waals surface area contributed by atoms with Crippen LogP contribution in [0.4, 0.5) is 28.7 Å². The smallest absolute Gasteiger partial charge is 0.259 e. The third-order valence-corrected chi connectivity index (χ3v) is 6.71. The number of rotatable bonds is 8. The normalized spacial score (nSPS) is 15.9. The number of aromatic nitrogens is 3. The van der Waals surface area contributed by atoms with Gasteiger partial charge in [-0.1, -0.05) is 0 Å². The lowest BCUT2D eigenvalue weighted by atomic mass is 9.98. The Morgan fingerprint density at radius 2 is 1.82 bits per heavy atom. The maximum absolute atomic E-state index is 13.3. The molecule has 0 saturated carbocycles. The van der Waals surface area contributed by atoms with Crippen molar-refractivity contribution in [3.05, 3.63) is 60.2 Å². The van der Waals surface area contributed by atoms with Crippen LogP contribution in [-0.4, -0.2) is 66.8 Å². The maximum Gasteiger partial charge on any atom is 0.259 e. The molecular weight excluding hydrogens is 482 g/mol. The lowest BCUT2D eigenvalue weighted by molar-refractivity contribution is 0.102. The second-order valence-electron chi connectivity index (χ2n) is 9.31. The van der Waals surface area contributed by atoms with E-state index >= 15 is 0 Å². The molecule has 4 heterocycles. The molecule has 0 spiro atoms. The van der Waals surface area contributed by atoms with Crippen molar-refractivity contribution in [2.45, 2.75) is 12.8 Å². The van der Waals surface area contributed by atoms with Gasteiger partial charge in [0.1, 0.15) is 17.7 Å². The Morgan fingerprint density at radius 3 is 2.53 bits per heavy atom. The van der Waals surface area contributed by atoms with Crippen LogP contribution in [0.15, 0.2) is 48.9 Å². The molecule has 2 aliphatic rings. The molecule has 0 bridgehead atoms. The number of carbonyl (C=O) groups excluding carboxylic acids is 1. The molecule has 5 rings (SSSR count). The van der Waals surface area contributed by atoms with Crippen LogP contribution < -0.4 is 26.2 Å². The van der Waals surface area contributed by atoms with Gasteiger partial charge < -0.3 is 30.9 Å². The summed E-state index contributed by atoms with van der Waals surface area (Å²) in [5.74, 6) is 1.25. The molecule has 3 aromatic rings. The summed E-state index contributed by atoms with van der Waals surface area (Å²) in [6.07, 6.45) is 6.60. The average molecular weight is 514 g/mol. The fraction of sp³-hybridized carbons (Fsp3) is 0.370. The number of piperidine rings is 1. The molecule has 2 fully saturated rings. The summed E-state index contributed by atoms with van der Waals surface area (Å²) in [5, 5.41) is 21.9. The Bertz CT molecular complexity index is 1260. The predicted octanol–water partition coefficient (Wildman–Crippen LogP) is 2.99. The number of ether oxygens (including phenoxy) is 1. The van der Waals surface area contributed by atoms with Crippen LogP contribution >= 0.6 is 0 Å². The molecule has 1 amide bonds. The molecule has 38 heavy (non-hydrogen) atoms. The summed E-state index contributed by atoms with van der Waals surface area (Å²) in [6, 6.07) is 11.6. The van der Waals surface area contributed by atoms with Crippen molar-refractivity contribution in [1.82, 2.24) is 20.3 Å². The van der Waals surface area contributed by atoms with Crippen LogP contribution in [-0.2, 0) is 4.74 Å². The minimum absolute atomic E-state index is 0.234. The van der Waals surface area contributed by atoms with Crippen LogP contribution in [0.25, 0.3) is 0 Å². The van der Waals surface area contributed by atoms with Crippen molar-refractivity contribution < 1.29 is 9.53 Å². The van der Waals surface area contributed by atoms with Crippen molar-refractivity contribution in [2.75, 3.05) is 66.8 Å². The zero-order valence-corrected chi connectivity index (χ0v) is 21.1. The van der Waals surface area contributed by atoms with Gasteiger partial charge in [-0.05, 0) is 56.1 Å². The first-order valence-corrected chi connectivity index (χ1v) is 12.9. The Balaban J connectivity index is 1.31. The Kier molecular flexibility index (Phi) is 8.23. The van der Waals surface area contributed by atoms with Crippen LogP contribution in [0.2, 0.25) is 0 Å². The lowest BCUT2D eigenvalue weighted by Crippen LogP contribution is -2.36. The van der Waals surface area contributed by atoms with E-state index in [9.17, 15) is 4.79 Å². The standard InChI is InChI=1S/C27H31N9O2/c28-14-21-16-32-26(18-30-21)35-25-13-24(31-15-19-5-7-29-8-6-19)23(17-33-25)27(37)34-20-1-3-22(4-2-20)36-9-11-38-12-10-36/h1-4,13,16-19,29H,5-12,15H2,(H,34,37)(H2,31,32,33,35). The van der Waals surface area contributed by atoms with Crippen molar-refractivity contribution in [2.24, 2.45) is 5.92 Å². The summed E-state index contributed by atoms with van der Waals surface area (Å²) in [4.78, 5) is 28.2. The molecule has 11 heteroatoms. The SMILES string of the molecule is N#Cc1cnc(Nc2cc(NCC3CCNCC3)c(C(=O)Nc3ccc(N4CCOCC4)cc3)cn2)cn1. The van der Waals surface area contributed by atoms with Gasteiger partial charge in [-0.25, -0.2) is 15.0 Å². The number of benzene rings is 1. The van der Waals surface area contributed by atoms with Gasteiger partial charge in [0.05, 0.1) is 36.9 Å². The molecule has 196 valence electrons. The number of nitriles is 1. The molecule has 0 aliphatic carbocycles. The number of nitrogens with one attached hydrogen (secondary N) is 4. The highest BCUT2D eigenvalue weighted by Crippen LogP contribution is 2.25. The van der Waals surface area contributed by atoms with Crippen molar-refractivity contribution in [3.63, 3.8) is 0 Å². The van der Waals surface area contributed by atoms with E-state index in [4.69, 9.17) is 10.00 Å². The highest BCUT2D eigenvalue weighted by Gasteiger charge is 2.18.